The van der Waals surface area contributed by atoms with Gasteiger partial charge >= 0.3 is 0 Å². The summed E-state index contributed by atoms with van der Waals surface area (Å²) in [6.07, 6.45) is 0.781. The molecule has 1 aromatic rings. The number of carbonyl (C=O) groups is 2. The molecular formula is C16H22N2O2S2. The Bertz CT molecular complexity index is 527. The van der Waals surface area contributed by atoms with Gasteiger partial charge in [0.25, 0.3) is 5.91 Å². The first-order valence-corrected chi connectivity index (χ1v) is 9.56. The van der Waals surface area contributed by atoms with E-state index in [4.69, 9.17) is 5.73 Å². The highest BCUT2D eigenvalue weighted by Gasteiger charge is 2.24. The topological polar surface area (TPSA) is 72.2 Å². The van der Waals surface area contributed by atoms with Crippen LogP contribution in [0.3, 0.4) is 0 Å². The summed E-state index contributed by atoms with van der Waals surface area (Å²) >= 11 is 3.86. The van der Waals surface area contributed by atoms with Crippen LogP contribution >= 0.6 is 23.5 Å². The number of primary amides is 1. The third kappa shape index (κ3) is 4.20. The molecule has 22 heavy (non-hydrogen) atoms. The standard InChI is InChI=1S/C16H22N2O2S2/c1-3-10(2)13(14(17)19)18-15(20)11-4-6-12(7-5-11)16-21-8-9-22-16/h4-7,10,13,16H,3,8-9H2,1-2H3,(H2,17,19)(H,18,20). The molecule has 0 bridgehead atoms. The van der Waals surface area contributed by atoms with E-state index in [2.05, 4.69) is 5.32 Å². The molecule has 1 aliphatic heterocycles. The summed E-state index contributed by atoms with van der Waals surface area (Å²) in [6.45, 7) is 3.88. The van der Waals surface area contributed by atoms with Gasteiger partial charge in [-0.2, -0.15) is 0 Å². The Morgan fingerprint density at radius 3 is 2.36 bits per heavy atom. The van der Waals surface area contributed by atoms with E-state index in [0.717, 1.165) is 6.42 Å². The Morgan fingerprint density at radius 2 is 1.86 bits per heavy atom. The first-order chi connectivity index (χ1) is 10.5. The fraction of sp³-hybridized carbons (Fsp3) is 0.500. The maximum Gasteiger partial charge on any atom is 0.251 e. The zero-order valence-electron chi connectivity index (χ0n) is 12.9. The molecule has 2 amide bonds. The molecule has 0 spiro atoms. The number of hydrogen-bond acceptors (Lipinski definition) is 4. The fourth-order valence-corrected chi connectivity index (χ4v) is 5.16. The minimum absolute atomic E-state index is 0.0204. The predicted octanol–water partition coefficient (Wildman–Crippen LogP) is 2.79. The van der Waals surface area contributed by atoms with E-state index < -0.39 is 11.9 Å². The smallest absolute Gasteiger partial charge is 0.251 e. The number of amides is 2. The Labute approximate surface area is 140 Å². The van der Waals surface area contributed by atoms with Crippen molar-refractivity contribution in [3.8, 4) is 0 Å². The zero-order chi connectivity index (χ0) is 16.1. The summed E-state index contributed by atoms with van der Waals surface area (Å²) in [5.41, 5.74) is 7.18. The van der Waals surface area contributed by atoms with Gasteiger partial charge in [-0.25, -0.2) is 0 Å². The molecule has 1 aromatic carbocycles. The normalized spacial score (nSPS) is 17.9. The van der Waals surface area contributed by atoms with Crippen LogP contribution < -0.4 is 11.1 Å². The summed E-state index contributed by atoms with van der Waals surface area (Å²) in [5, 5.41) is 2.75. The summed E-state index contributed by atoms with van der Waals surface area (Å²) in [5.74, 6) is 1.63. The van der Waals surface area contributed by atoms with Crippen molar-refractivity contribution in [3.05, 3.63) is 35.4 Å². The second-order valence-electron chi connectivity index (χ2n) is 5.43. The summed E-state index contributed by atoms with van der Waals surface area (Å²) in [4.78, 5) is 23.8. The average molecular weight is 338 g/mol. The third-order valence-corrected chi connectivity index (χ3v) is 6.98. The molecule has 120 valence electrons. The molecule has 1 aliphatic rings. The monoisotopic (exact) mass is 338 g/mol. The van der Waals surface area contributed by atoms with E-state index in [1.807, 2.05) is 61.6 Å². The molecule has 2 rings (SSSR count). The number of thioether (sulfide) groups is 2. The van der Waals surface area contributed by atoms with Gasteiger partial charge in [0.05, 0.1) is 4.58 Å². The number of rotatable bonds is 6. The van der Waals surface area contributed by atoms with Gasteiger partial charge in [0, 0.05) is 17.1 Å². The minimum Gasteiger partial charge on any atom is -0.368 e. The largest absolute Gasteiger partial charge is 0.368 e. The number of nitrogens with one attached hydrogen (secondary N) is 1. The van der Waals surface area contributed by atoms with Crippen molar-refractivity contribution in [3.63, 3.8) is 0 Å². The predicted molar refractivity (Wildman–Crippen MR) is 94.0 cm³/mol. The SMILES string of the molecule is CCC(C)C(NC(=O)c1ccc(C2SCCS2)cc1)C(N)=O. The van der Waals surface area contributed by atoms with Crippen molar-refractivity contribution in [1.29, 1.82) is 0 Å². The van der Waals surface area contributed by atoms with E-state index in [0.29, 0.717) is 10.1 Å². The number of carbonyl (C=O) groups excluding carboxylic acids is 2. The Balaban J connectivity index is 2.03. The van der Waals surface area contributed by atoms with Gasteiger partial charge < -0.3 is 11.1 Å². The number of nitrogens with two attached hydrogens (primary N) is 1. The van der Waals surface area contributed by atoms with Crippen LogP contribution in [0.15, 0.2) is 24.3 Å². The molecule has 1 heterocycles. The molecule has 4 nitrogen and oxygen atoms in total. The maximum atomic E-state index is 12.3. The first kappa shape index (κ1) is 17.2. The quantitative estimate of drug-likeness (QED) is 0.836. The highest BCUT2D eigenvalue weighted by molar-refractivity contribution is 8.19. The lowest BCUT2D eigenvalue weighted by Gasteiger charge is -2.21. The van der Waals surface area contributed by atoms with Gasteiger partial charge in [-0.15, -0.1) is 23.5 Å². The molecule has 0 saturated carbocycles. The minimum atomic E-state index is -0.627. The zero-order valence-corrected chi connectivity index (χ0v) is 14.5. The summed E-state index contributed by atoms with van der Waals surface area (Å²) in [7, 11) is 0. The van der Waals surface area contributed by atoms with E-state index in [-0.39, 0.29) is 11.8 Å². The Kier molecular flexibility index (Phi) is 6.20. The van der Waals surface area contributed by atoms with Crippen LogP contribution in [0.5, 0.6) is 0 Å². The van der Waals surface area contributed by atoms with Gasteiger partial charge in [0.1, 0.15) is 6.04 Å². The van der Waals surface area contributed by atoms with E-state index in [1.54, 1.807) is 0 Å². The lowest BCUT2D eigenvalue weighted by atomic mass is 9.98. The Hall–Kier alpha value is -1.14. The second kappa shape index (κ2) is 7.92. The number of benzene rings is 1. The van der Waals surface area contributed by atoms with Crippen LogP contribution in [0, 0.1) is 5.92 Å². The molecule has 2 atom stereocenters. The molecule has 1 saturated heterocycles. The van der Waals surface area contributed by atoms with E-state index in [1.165, 1.54) is 17.1 Å². The van der Waals surface area contributed by atoms with Crippen molar-refractivity contribution in [2.24, 2.45) is 11.7 Å². The Morgan fingerprint density at radius 1 is 1.27 bits per heavy atom. The number of hydrogen-bond donors (Lipinski definition) is 2. The van der Waals surface area contributed by atoms with E-state index >= 15 is 0 Å². The molecule has 3 N–H and O–H groups in total. The van der Waals surface area contributed by atoms with Crippen molar-refractivity contribution < 1.29 is 9.59 Å². The molecule has 2 unspecified atom stereocenters. The van der Waals surface area contributed by atoms with Crippen LogP contribution in [0.2, 0.25) is 0 Å². The van der Waals surface area contributed by atoms with Crippen LogP contribution in [-0.2, 0) is 4.79 Å². The van der Waals surface area contributed by atoms with Crippen LogP contribution in [0.1, 0.15) is 40.8 Å². The second-order valence-corrected chi connectivity index (χ2v) is 8.16. The van der Waals surface area contributed by atoms with Gasteiger partial charge in [0.15, 0.2) is 0 Å². The van der Waals surface area contributed by atoms with Crippen molar-refractivity contribution >= 4 is 35.3 Å². The maximum absolute atomic E-state index is 12.3. The molecule has 0 aliphatic carbocycles. The molecular weight excluding hydrogens is 316 g/mol. The molecule has 0 aromatic heterocycles. The lowest BCUT2D eigenvalue weighted by molar-refractivity contribution is -0.120. The summed E-state index contributed by atoms with van der Waals surface area (Å²) < 4.78 is 0.468. The highest BCUT2D eigenvalue weighted by Crippen LogP contribution is 2.45. The van der Waals surface area contributed by atoms with Crippen molar-refractivity contribution in [1.82, 2.24) is 5.32 Å². The van der Waals surface area contributed by atoms with Crippen molar-refractivity contribution in [2.45, 2.75) is 30.9 Å². The molecule has 1 fully saturated rings. The fourth-order valence-electron chi connectivity index (χ4n) is 2.30. The van der Waals surface area contributed by atoms with Crippen LogP contribution in [-0.4, -0.2) is 29.4 Å². The van der Waals surface area contributed by atoms with Crippen LogP contribution in [0.25, 0.3) is 0 Å². The first-order valence-electron chi connectivity index (χ1n) is 7.46. The van der Waals surface area contributed by atoms with Gasteiger partial charge in [0.2, 0.25) is 5.91 Å². The van der Waals surface area contributed by atoms with Gasteiger partial charge in [-0.3, -0.25) is 9.59 Å². The molecule has 0 radical (unpaired) electrons. The lowest BCUT2D eigenvalue weighted by Crippen LogP contribution is -2.48. The van der Waals surface area contributed by atoms with E-state index in [9.17, 15) is 9.59 Å². The van der Waals surface area contributed by atoms with Gasteiger partial charge in [-0.05, 0) is 23.6 Å². The van der Waals surface area contributed by atoms with Crippen LogP contribution in [0.4, 0.5) is 0 Å². The molecule has 6 heteroatoms. The highest BCUT2D eigenvalue weighted by atomic mass is 32.2. The van der Waals surface area contributed by atoms with Gasteiger partial charge in [-0.1, -0.05) is 32.4 Å². The average Bonchev–Trinajstić information content (AvgIpc) is 3.06. The van der Waals surface area contributed by atoms with Crippen molar-refractivity contribution in [2.75, 3.05) is 11.5 Å². The third-order valence-electron chi connectivity index (χ3n) is 3.87. The summed E-state index contributed by atoms with van der Waals surface area (Å²) in [6, 6.07) is 7.00.